The SMILES string of the molecule is CC(C)N(C)CCNC(=O)Cc1csc(N)n1. The molecule has 0 atom stereocenters. The molecule has 96 valence electrons. The topological polar surface area (TPSA) is 71.2 Å². The van der Waals surface area contributed by atoms with Gasteiger partial charge in [-0.05, 0) is 20.9 Å². The summed E-state index contributed by atoms with van der Waals surface area (Å²) >= 11 is 1.36. The number of nitrogens with two attached hydrogens (primary N) is 1. The zero-order valence-electron chi connectivity index (χ0n) is 10.6. The second kappa shape index (κ2) is 6.56. The van der Waals surface area contributed by atoms with Crippen molar-refractivity contribution in [2.24, 2.45) is 0 Å². The summed E-state index contributed by atoms with van der Waals surface area (Å²) in [6, 6.07) is 0.491. The van der Waals surface area contributed by atoms with Crippen LogP contribution < -0.4 is 11.1 Å². The highest BCUT2D eigenvalue weighted by Crippen LogP contribution is 2.11. The van der Waals surface area contributed by atoms with Crippen molar-refractivity contribution in [1.29, 1.82) is 0 Å². The molecule has 0 bridgehead atoms. The number of hydrogen-bond donors (Lipinski definition) is 2. The van der Waals surface area contributed by atoms with Gasteiger partial charge in [0, 0.05) is 24.5 Å². The Hall–Kier alpha value is -1.14. The van der Waals surface area contributed by atoms with Gasteiger partial charge in [-0.2, -0.15) is 0 Å². The lowest BCUT2D eigenvalue weighted by molar-refractivity contribution is -0.120. The van der Waals surface area contributed by atoms with Gasteiger partial charge in [0.25, 0.3) is 0 Å². The van der Waals surface area contributed by atoms with Crippen molar-refractivity contribution in [2.45, 2.75) is 26.3 Å². The first-order chi connectivity index (χ1) is 7.99. The largest absolute Gasteiger partial charge is 0.375 e. The summed E-state index contributed by atoms with van der Waals surface area (Å²) in [7, 11) is 2.04. The summed E-state index contributed by atoms with van der Waals surface area (Å²) in [4.78, 5) is 17.8. The molecule has 3 N–H and O–H groups in total. The number of carbonyl (C=O) groups is 1. The van der Waals surface area contributed by atoms with Crippen LogP contribution in [-0.2, 0) is 11.2 Å². The maximum absolute atomic E-state index is 11.6. The molecule has 0 aliphatic heterocycles. The first kappa shape index (κ1) is 13.9. The Morgan fingerprint density at radius 3 is 2.88 bits per heavy atom. The predicted octanol–water partition coefficient (Wildman–Crippen LogP) is 0.724. The molecule has 0 aromatic carbocycles. The molecule has 5 nitrogen and oxygen atoms in total. The molecule has 1 heterocycles. The normalized spacial score (nSPS) is 11.1. The van der Waals surface area contributed by atoms with Crippen LogP contribution >= 0.6 is 11.3 Å². The quantitative estimate of drug-likeness (QED) is 0.787. The van der Waals surface area contributed by atoms with Gasteiger partial charge < -0.3 is 16.0 Å². The molecule has 1 rings (SSSR count). The highest BCUT2D eigenvalue weighted by Gasteiger charge is 2.07. The minimum Gasteiger partial charge on any atom is -0.375 e. The van der Waals surface area contributed by atoms with Crippen molar-refractivity contribution >= 4 is 22.4 Å². The molecule has 0 radical (unpaired) electrons. The standard InChI is InChI=1S/C11H20N4OS/c1-8(2)15(3)5-4-13-10(16)6-9-7-17-11(12)14-9/h7-8H,4-6H2,1-3H3,(H2,12,14)(H,13,16). The Kier molecular flexibility index (Phi) is 5.37. The summed E-state index contributed by atoms with van der Waals surface area (Å²) < 4.78 is 0. The first-order valence-corrected chi connectivity index (χ1v) is 6.54. The minimum atomic E-state index is -0.00699. The third-order valence-electron chi connectivity index (χ3n) is 2.58. The Labute approximate surface area is 106 Å². The van der Waals surface area contributed by atoms with E-state index in [1.807, 2.05) is 12.4 Å². The van der Waals surface area contributed by atoms with Crippen molar-refractivity contribution in [3.05, 3.63) is 11.1 Å². The number of carbonyl (C=O) groups excluding carboxylic acids is 1. The molecule has 6 heteroatoms. The first-order valence-electron chi connectivity index (χ1n) is 5.66. The van der Waals surface area contributed by atoms with Gasteiger partial charge in [0.05, 0.1) is 12.1 Å². The van der Waals surface area contributed by atoms with E-state index < -0.39 is 0 Å². The second-order valence-corrected chi connectivity index (χ2v) is 5.17. The van der Waals surface area contributed by atoms with Gasteiger partial charge in [0.2, 0.25) is 5.91 Å². The number of thiazole rings is 1. The van der Waals surface area contributed by atoms with Crippen LogP contribution in [0, 0.1) is 0 Å². The average Bonchev–Trinajstić information content (AvgIpc) is 2.63. The number of nitrogens with one attached hydrogen (secondary N) is 1. The van der Waals surface area contributed by atoms with Crippen LogP contribution in [0.2, 0.25) is 0 Å². The van der Waals surface area contributed by atoms with E-state index in [9.17, 15) is 4.79 Å². The second-order valence-electron chi connectivity index (χ2n) is 4.28. The summed E-state index contributed by atoms with van der Waals surface area (Å²) in [6.45, 7) is 5.76. The average molecular weight is 256 g/mol. The summed E-state index contributed by atoms with van der Waals surface area (Å²) in [5.74, 6) is -0.00699. The number of anilines is 1. The fraction of sp³-hybridized carbons (Fsp3) is 0.636. The lowest BCUT2D eigenvalue weighted by atomic mass is 10.3. The van der Waals surface area contributed by atoms with Crippen molar-refractivity contribution in [1.82, 2.24) is 15.2 Å². The molecular formula is C11H20N4OS. The Balaban J connectivity index is 2.22. The number of nitrogens with zero attached hydrogens (tertiary/aromatic N) is 2. The van der Waals surface area contributed by atoms with Crippen molar-refractivity contribution in [3.8, 4) is 0 Å². The Morgan fingerprint density at radius 2 is 2.35 bits per heavy atom. The molecule has 0 saturated heterocycles. The molecule has 0 saturated carbocycles. The van der Waals surface area contributed by atoms with E-state index in [1.165, 1.54) is 11.3 Å². The smallest absolute Gasteiger partial charge is 0.226 e. The van der Waals surface area contributed by atoms with Gasteiger partial charge in [0.15, 0.2) is 5.13 Å². The van der Waals surface area contributed by atoms with E-state index in [0.717, 1.165) is 12.2 Å². The number of aromatic nitrogens is 1. The zero-order valence-corrected chi connectivity index (χ0v) is 11.4. The van der Waals surface area contributed by atoms with Crippen LogP contribution in [-0.4, -0.2) is 42.0 Å². The maximum Gasteiger partial charge on any atom is 0.226 e. The lowest BCUT2D eigenvalue weighted by Crippen LogP contribution is -2.36. The number of rotatable bonds is 6. The number of amides is 1. The summed E-state index contributed by atoms with van der Waals surface area (Å²) in [5, 5.41) is 5.19. The number of nitrogen functional groups attached to an aromatic ring is 1. The van der Waals surface area contributed by atoms with E-state index in [1.54, 1.807) is 0 Å². The number of hydrogen-bond acceptors (Lipinski definition) is 5. The highest BCUT2D eigenvalue weighted by molar-refractivity contribution is 7.13. The molecular weight excluding hydrogens is 236 g/mol. The van der Waals surface area contributed by atoms with Gasteiger partial charge in [-0.3, -0.25) is 4.79 Å². The van der Waals surface area contributed by atoms with Crippen molar-refractivity contribution < 1.29 is 4.79 Å². The van der Waals surface area contributed by atoms with E-state index in [-0.39, 0.29) is 5.91 Å². The maximum atomic E-state index is 11.6. The van der Waals surface area contributed by atoms with Crippen LogP contribution in [0.5, 0.6) is 0 Å². The van der Waals surface area contributed by atoms with Crippen LogP contribution in [0.3, 0.4) is 0 Å². The fourth-order valence-electron chi connectivity index (χ4n) is 1.26. The fourth-order valence-corrected chi connectivity index (χ4v) is 1.82. The van der Waals surface area contributed by atoms with Gasteiger partial charge in [-0.1, -0.05) is 0 Å². The lowest BCUT2D eigenvalue weighted by Gasteiger charge is -2.20. The molecule has 0 aliphatic carbocycles. The molecule has 17 heavy (non-hydrogen) atoms. The van der Waals surface area contributed by atoms with Crippen molar-refractivity contribution in [2.75, 3.05) is 25.9 Å². The monoisotopic (exact) mass is 256 g/mol. The van der Waals surface area contributed by atoms with Crippen LogP contribution in [0.1, 0.15) is 19.5 Å². The highest BCUT2D eigenvalue weighted by atomic mass is 32.1. The van der Waals surface area contributed by atoms with Crippen LogP contribution in [0.15, 0.2) is 5.38 Å². The molecule has 1 amide bonds. The molecule has 1 aromatic heterocycles. The molecule has 0 unspecified atom stereocenters. The van der Waals surface area contributed by atoms with Gasteiger partial charge >= 0.3 is 0 Å². The van der Waals surface area contributed by atoms with E-state index in [0.29, 0.717) is 24.1 Å². The summed E-state index contributed by atoms with van der Waals surface area (Å²) in [6.07, 6.45) is 0.305. The predicted molar refractivity (Wildman–Crippen MR) is 71.0 cm³/mol. The van der Waals surface area contributed by atoms with Crippen molar-refractivity contribution in [3.63, 3.8) is 0 Å². The third-order valence-corrected chi connectivity index (χ3v) is 3.30. The molecule has 0 spiro atoms. The van der Waals surface area contributed by atoms with Gasteiger partial charge in [0.1, 0.15) is 0 Å². The molecule has 1 aromatic rings. The minimum absolute atomic E-state index is 0.00699. The number of likely N-dealkylation sites (N-methyl/N-ethyl adjacent to an activating group) is 1. The van der Waals surface area contributed by atoms with Gasteiger partial charge in [-0.25, -0.2) is 4.98 Å². The van der Waals surface area contributed by atoms with Gasteiger partial charge in [-0.15, -0.1) is 11.3 Å². The molecule has 0 aliphatic rings. The van der Waals surface area contributed by atoms with Crippen LogP contribution in [0.4, 0.5) is 5.13 Å². The zero-order chi connectivity index (χ0) is 12.8. The van der Waals surface area contributed by atoms with Crippen LogP contribution in [0.25, 0.3) is 0 Å². The summed E-state index contributed by atoms with van der Waals surface area (Å²) in [5.41, 5.74) is 6.23. The third kappa shape index (κ3) is 5.14. The van der Waals surface area contributed by atoms with E-state index >= 15 is 0 Å². The van der Waals surface area contributed by atoms with E-state index in [2.05, 4.69) is 29.0 Å². The Bertz CT molecular complexity index is 364. The molecule has 0 fully saturated rings. The van der Waals surface area contributed by atoms with E-state index in [4.69, 9.17) is 5.73 Å². The Morgan fingerprint density at radius 1 is 1.65 bits per heavy atom.